The average molecular weight is 507 g/mol. The van der Waals surface area contributed by atoms with Crippen molar-refractivity contribution in [2.45, 2.75) is 51.6 Å². The number of carbonyl (C=O) groups is 2. The van der Waals surface area contributed by atoms with Crippen molar-refractivity contribution in [2.75, 3.05) is 14.2 Å². The highest BCUT2D eigenvalue weighted by molar-refractivity contribution is 6.09. The first-order valence-corrected chi connectivity index (χ1v) is 12.1. The van der Waals surface area contributed by atoms with Crippen LogP contribution >= 0.6 is 0 Å². The molecule has 0 radical (unpaired) electrons. The molecule has 194 valence electrons. The summed E-state index contributed by atoms with van der Waals surface area (Å²) in [5, 5.41) is 12.2. The van der Waals surface area contributed by atoms with Gasteiger partial charge < -0.3 is 14.2 Å². The Labute approximate surface area is 215 Å². The number of ether oxygens (including phenoxy) is 3. The summed E-state index contributed by atoms with van der Waals surface area (Å²) >= 11 is 0. The van der Waals surface area contributed by atoms with Crippen molar-refractivity contribution >= 4 is 23.2 Å². The number of allylic oxidation sites excluding steroid dienone is 2. The smallest absolute Gasteiger partial charge is 0.315 e. The lowest BCUT2D eigenvalue weighted by Crippen LogP contribution is -2.39. The van der Waals surface area contributed by atoms with Gasteiger partial charge in [0.2, 0.25) is 0 Å². The molecule has 0 spiro atoms. The lowest BCUT2D eigenvalue weighted by atomic mass is 9.69. The number of nitrogens with zero attached hydrogens (tertiary/aromatic N) is 2. The first-order chi connectivity index (χ1) is 17.7. The monoisotopic (exact) mass is 506 g/mol. The van der Waals surface area contributed by atoms with Gasteiger partial charge in [0.15, 0.2) is 17.3 Å². The van der Waals surface area contributed by atoms with Crippen molar-refractivity contribution in [3.8, 4) is 11.5 Å². The van der Waals surface area contributed by atoms with Crippen LogP contribution in [0, 0.1) is 16.0 Å². The SMILES string of the molecule is COc1cc([C@H]2C3=C(C[C@H](c4ccccc4)CC3=O)N=C(C)C2C(=O)OC(C)C)c([N+](=O)[O-])cc1OC. The number of benzene rings is 2. The second kappa shape index (κ2) is 10.5. The van der Waals surface area contributed by atoms with Crippen LogP contribution in [-0.2, 0) is 14.3 Å². The van der Waals surface area contributed by atoms with Crippen LogP contribution in [0.25, 0.3) is 0 Å². The fourth-order valence-electron chi connectivity index (χ4n) is 5.26. The summed E-state index contributed by atoms with van der Waals surface area (Å²) in [6.45, 7) is 5.15. The Balaban J connectivity index is 1.94. The van der Waals surface area contributed by atoms with Gasteiger partial charge in [-0.1, -0.05) is 30.3 Å². The molecule has 1 heterocycles. The lowest BCUT2D eigenvalue weighted by molar-refractivity contribution is -0.385. The van der Waals surface area contributed by atoms with Gasteiger partial charge in [-0.2, -0.15) is 0 Å². The van der Waals surface area contributed by atoms with Crippen LogP contribution in [0.4, 0.5) is 5.69 Å². The van der Waals surface area contributed by atoms with Crippen LogP contribution in [0.1, 0.15) is 56.6 Å². The van der Waals surface area contributed by atoms with Gasteiger partial charge in [-0.15, -0.1) is 0 Å². The Hall–Kier alpha value is -4.01. The van der Waals surface area contributed by atoms with Crippen LogP contribution in [-0.4, -0.2) is 42.7 Å². The number of nitro benzene ring substituents is 1. The number of carbonyl (C=O) groups excluding carboxylic acids is 2. The van der Waals surface area contributed by atoms with E-state index in [9.17, 15) is 19.7 Å². The molecule has 0 saturated heterocycles. The number of methoxy groups -OCH3 is 2. The zero-order valence-electron chi connectivity index (χ0n) is 21.5. The molecule has 37 heavy (non-hydrogen) atoms. The zero-order chi connectivity index (χ0) is 26.9. The maximum Gasteiger partial charge on any atom is 0.315 e. The van der Waals surface area contributed by atoms with E-state index >= 15 is 0 Å². The van der Waals surface area contributed by atoms with E-state index in [0.29, 0.717) is 23.4 Å². The molecule has 3 atom stereocenters. The molecule has 0 bridgehead atoms. The molecule has 0 N–H and O–H groups in total. The highest BCUT2D eigenvalue weighted by atomic mass is 16.6. The van der Waals surface area contributed by atoms with Crippen molar-refractivity contribution in [1.82, 2.24) is 0 Å². The quantitative estimate of drug-likeness (QED) is 0.290. The number of nitro groups is 1. The van der Waals surface area contributed by atoms with Crippen molar-refractivity contribution in [1.29, 1.82) is 0 Å². The molecule has 9 nitrogen and oxygen atoms in total. The van der Waals surface area contributed by atoms with E-state index in [2.05, 4.69) is 0 Å². The third-order valence-corrected chi connectivity index (χ3v) is 6.83. The largest absolute Gasteiger partial charge is 0.493 e. The summed E-state index contributed by atoms with van der Waals surface area (Å²) in [5.41, 5.74) is 2.24. The fourth-order valence-corrected chi connectivity index (χ4v) is 5.26. The molecular weight excluding hydrogens is 476 g/mol. The maximum absolute atomic E-state index is 13.7. The molecule has 2 aliphatic rings. The molecule has 0 saturated carbocycles. The van der Waals surface area contributed by atoms with Gasteiger partial charge >= 0.3 is 5.97 Å². The molecule has 2 aromatic carbocycles. The number of hydrogen-bond donors (Lipinski definition) is 0. The van der Waals surface area contributed by atoms with Crippen molar-refractivity contribution in [2.24, 2.45) is 10.9 Å². The van der Waals surface area contributed by atoms with Gasteiger partial charge in [-0.3, -0.25) is 24.7 Å². The van der Waals surface area contributed by atoms with E-state index in [1.54, 1.807) is 20.8 Å². The molecule has 1 aliphatic heterocycles. The Morgan fingerprint density at radius 1 is 1.08 bits per heavy atom. The van der Waals surface area contributed by atoms with E-state index in [4.69, 9.17) is 19.2 Å². The van der Waals surface area contributed by atoms with E-state index < -0.39 is 28.8 Å². The molecule has 0 fully saturated rings. The third kappa shape index (κ3) is 4.98. The van der Waals surface area contributed by atoms with E-state index in [0.717, 1.165) is 5.56 Å². The number of Topliss-reactive ketones (excluding diaryl/α,β-unsaturated/α-hetero) is 1. The van der Waals surface area contributed by atoms with Crippen LogP contribution in [0.3, 0.4) is 0 Å². The van der Waals surface area contributed by atoms with Gasteiger partial charge in [0.25, 0.3) is 5.69 Å². The van der Waals surface area contributed by atoms with Gasteiger partial charge in [-0.25, -0.2) is 0 Å². The molecule has 0 amide bonds. The van der Waals surface area contributed by atoms with E-state index in [-0.39, 0.29) is 40.9 Å². The van der Waals surface area contributed by atoms with Crippen LogP contribution in [0.2, 0.25) is 0 Å². The topological polar surface area (TPSA) is 117 Å². The van der Waals surface area contributed by atoms with Gasteiger partial charge in [0.05, 0.1) is 31.3 Å². The second-order valence-electron chi connectivity index (χ2n) is 9.52. The van der Waals surface area contributed by atoms with Crippen molar-refractivity contribution in [3.63, 3.8) is 0 Å². The molecule has 4 rings (SSSR count). The maximum atomic E-state index is 13.7. The lowest BCUT2D eigenvalue weighted by Gasteiger charge is -2.36. The number of hydrogen-bond acceptors (Lipinski definition) is 8. The minimum atomic E-state index is -1.00. The Kier molecular flexibility index (Phi) is 7.42. The van der Waals surface area contributed by atoms with Gasteiger partial charge in [0.1, 0.15) is 5.92 Å². The highest BCUT2D eigenvalue weighted by Gasteiger charge is 2.47. The first-order valence-electron chi connectivity index (χ1n) is 12.1. The molecule has 1 aliphatic carbocycles. The number of rotatable bonds is 7. The summed E-state index contributed by atoms with van der Waals surface area (Å²) in [7, 11) is 2.81. The Morgan fingerprint density at radius 3 is 2.32 bits per heavy atom. The summed E-state index contributed by atoms with van der Waals surface area (Å²) in [4.78, 5) is 43.5. The summed E-state index contributed by atoms with van der Waals surface area (Å²) in [6.07, 6.45) is 0.272. The van der Waals surface area contributed by atoms with Crippen LogP contribution < -0.4 is 9.47 Å². The predicted octanol–water partition coefficient (Wildman–Crippen LogP) is 5.14. The third-order valence-electron chi connectivity index (χ3n) is 6.83. The van der Waals surface area contributed by atoms with E-state index in [1.165, 1.54) is 26.4 Å². The summed E-state index contributed by atoms with van der Waals surface area (Å²) in [6, 6.07) is 12.5. The van der Waals surface area contributed by atoms with Gasteiger partial charge in [0, 0.05) is 34.9 Å². The second-order valence-corrected chi connectivity index (χ2v) is 9.52. The molecular formula is C28H30N2O7. The minimum absolute atomic E-state index is 0.0794. The average Bonchev–Trinajstić information content (AvgIpc) is 2.86. The molecule has 9 heteroatoms. The normalized spacial score (nSPS) is 21.3. The van der Waals surface area contributed by atoms with Crippen molar-refractivity contribution in [3.05, 3.63) is 75.0 Å². The number of aliphatic imine (C=N–C) groups is 1. The Morgan fingerprint density at radius 2 is 1.73 bits per heavy atom. The fraction of sp³-hybridized carbons (Fsp3) is 0.393. The number of ketones is 1. The Bertz CT molecular complexity index is 1300. The predicted molar refractivity (Wildman–Crippen MR) is 137 cm³/mol. The number of esters is 1. The highest BCUT2D eigenvalue weighted by Crippen LogP contribution is 2.50. The van der Waals surface area contributed by atoms with E-state index in [1.807, 2.05) is 30.3 Å². The molecule has 1 unspecified atom stereocenters. The summed E-state index contributed by atoms with van der Waals surface area (Å²) < 4.78 is 16.3. The molecule has 0 aromatic heterocycles. The zero-order valence-corrected chi connectivity index (χ0v) is 21.5. The van der Waals surface area contributed by atoms with Crippen LogP contribution in [0.5, 0.6) is 11.5 Å². The standard InChI is InChI=1S/C28H30N2O7/c1-15(2)37-28(32)25-16(3)29-20-11-18(17-9-7-6-8-10-17)12-22(31)27(20)26(25)19-13-23(35-4)24(36-5)14-21(19)30(33)34/h6-10,13-15,18,25-26H,11-12H2,1-5H3/t18-,25?,26+/m0/s1. The van der Waals surface area contributed by atoms with Crippen molar-refractivity contribution < 1.29 is 28.7 Å². The van der Waals surface area contributed by atoms with Crippen LogP contribution in [0.15, 0.2) is 58.7 Å². The first kappa shape index (κ1) is 26.1. The minimum Gasteiger partial charge on any atom is -0.493 e. The van der Waals surface area contributed by atoms with Gasteiger partial charge in [-0.05, 0) is 44.7 Å². The molecule has 2 aromatic rings. The summed E-state index contributed by atoms with van der Waals surface area (Å²) in [5.74, 6) is -2.39.